The fraction of sp³-hybridized carbons (Fsp3) is 0.391. The first kappa shape index (κ1) is 19.2. The normalized spacial score (nSPS) is 18.2. The van der Waals surface area contributed by atoms with Crippen LogP contribution in [-0.2, 0) is 10.3 Å². The molecule has 1 heterocycles. The predicted molar refractivity (Wildman–Crippen MR) is 108 cm³/mol. The SMILES string of the molecule is CCCC1(C)OC(c2ccc(OCC)cc2)=Cc2cc(OC)c(OC)cc21. The van der Waals surface area contributed by atoms with Gasteiger partial charge in [0.1, 0.15) is 17.1 Å². The Hall–Kier alpha value is -2.62. The lowest BCUT2D eigenvalue weighted by Crippen LogP contribution is -2.29. The Morgan fingerprint density at radius 3 is 2.22 bits per heavy atom. The maximum absolute atomic E-state index is 6.52. The Morgan fingerprint density at radius 2 is 1.63 bits per heavy atom. The summed E-state index contributed by atoms with van der Waals surface area (Å²) in [5.41, 5.74) is 2.82. The number of hydrogen-bond acceptors (Lipinski definition) is 4. The molecule has 0 aromatic heterocycles. The van der Waals surface area contributed by atoms with Crippen LogP contribution in [0.15, 0.2) is 36.4 Å². The summed E-state index contributed by atoms with van der Waals surface area (Å²) in [4.78, 5) is 0. The molecule has 0 radical (unpaired) electrons. The minimum Gasteiger partial charge on any atom is -0.494 e. The smallest absolute Gasteiger partial charge is 0.161 e. The summed E-state index contributed by atoms with van der Waals surface area (Å²) in [6, 6.07) is 12.1. The van der Waals surface area contributed by atoms with Gasteiger partial charge in [-0.05, 0) is 68.3 Å². The van der Waals surface area contributed by atoms with Gasteiger partial charge in [0, 0.05) is 11.1 Å². The summed E-state index contributed by atoms with van der Waals surface area (Å²) in [7, 11) is 3.32. The molecule has 144 valence electrons. The molecule has 4 nitrogen and oxygen atoms in total. The molecular weight excluding hydrogens is 340 g/mol. The maximum Gasteiger partial charge on any atom is 0.161 e. The van der Waals surface area contributed by atoms with Gasteiger partial charge in [-0.25, -0.2) is 0 Å². The Balaban J connectivity index is 2.08. The average molecular weight is 368 g/mol. The fourth-order valence-corrected chi connectivity index (χ4v) is 3.63. The van der Waals surface area contributed by atoms with Crippen molar-refractivity contribution >= 4 is 11.8 Å². The van der Waals surface area contributed by atoms with E-state index in [-0.39, 0.29) is 0 Å². The minimum absolute atomic E-state index is 0.424. The van der Waals surface area contributed by atoms with Crippen molar-refractivity contribution in [2.24, 2.45) is 0 Å². The Bertz CT molecular complexity index is 823. The van der Waals surface area contributed by atoms with Gasteiger partial charge in [-0.2, -0.15) is 0 Å². The molecule has 1 aliphatic heterocycles. The van der Waals surface area contributed by atoms with Crippen molar-refractivity contribution in [3.63, 3.8) is 0 Å². The van der Waals surface area contributed by atoms with E-state index in [0.717, 1.165) is 52.5 Å². The molecular formula is C23H28O4. The molecule has 27 heavy (non-hydrogen) atoms. The van der Waals surface area contributed by atoms with E-state index in [4.69, 9.17) is 18.9 Å². The van der Waals surface area contributed by atoms with E-state index in [2.05, 4.69) is 19.9 Å². The van der Waals surface area contributed by atoms with Crippen LogP contribution in [0.25, 0.3) is 11.8 Å². The second-order valence-corrected chi connectivity index (χ2v) is 6.84. The van der Waals surface area contributed by atoms with Gasteiger partial charge in [0.25, 0.3) is 0 Å². The third kappa shape index (κ3) is 3.75. The summed E-state index contributed by atoms with van der Waals surface area (Å²) in [6.45, 7) is 6.95. The number of ether oxygens (including phenoxy) is 4. The molecule has 0 spiro atoms. The summed E-state index contributed by atoms with van der Waals surface area (Å²) < 4.78 is 23.1. The van der Waals surface area contributed by atoms with Gasteiger partial charge in [0.2, 0.25) is 0 Å². The molecule has 4 heteroatoms. The van der Waals surface area contributed by atoms with Crippen LogP contribution in [0.5, 0.6) is 17.2 Å². The second kappa shape index (κ2) is 7.95. The van der Waals surface area contributed by atoms with E-state index in [1.807, 2.05) is 43.3 Å². The minimum atomic E-state index is -0.424. The van der Waals surface area contributed by atoms with Crippen molar-refractivity contribution in [1.29, 1.82) is 0 Å². The summed E-state index contributed by atoms with van der Waals surface area (Å²) >= 11 is 0. The summed E-state index contributed by atoms with van der Waals surface area (Å²) in [5, 5.41) is 0. The fourth-order valence-electron chi connectivity index (χ4n) is 3.63. The van der Waals surface area contributed by atoms with Gasteiger partial charge < -0.3 is 18.9 Å². The molecule has 0 bridgehead atoms. The number of hydrogen-bond donors (Lipinski definition) is 0. The predicted octanol–water partition coefficient (Wildman–Crippen LogP) is 5.65. The highest BCUT2D eigenvalue weighted by Crippen LogP contribution is 2.46. The lowest BCUT2D eigenvalue weighted by atomic mass is 9.84. The molecule has 0 aliphatic carbocycles. The highest BCUT2D eigenvalue weighted by atomic mass is 16.5. The molecule has 0 fully saturated rings. The van der Waals surface area contributed by atoms with Crippen molar-refractivity contribution in [3.05, 3.63) is 53.1 Å². The van der Waals surface area contributed by atoms with Crippen molar-refractivity contribution in [2.75, 3.05) is 20.8 Å². The van der Waals surface area contributed by atoms with Crippen molar-refractivity contribution in [1.82, 2.24) is 0 Å². The lowest BCUT2D eigenvalue weighted by molar-refractivity contribution is 0.0427. The van der Waals surface area contributed by atoms with E-state index in [9.17, 15) is 0 Å². The molecule has 2 aromatic carbocycles. The maximum atomic E-state index is 6.52. The van der Waals surface area contributed by atoms with Crippen LogP contribution in [0.3, 0.4) is 0 Å². The first-order valence-electron chi connectivity index (χ1n) is 9.45. The van der Waals surface area contributed by atoms with Crippen LogP contribution < -0.4 is 14.2 Å². The van der Waals surface area contributed by atoms with E-state index < -0.39 is 5.60 Å². The lowest BCUT2D eigenvalue weighted by Gasteiger charge is -2.37. The molecule has 2 aromatic rings. The Kier molecular flexibility index (Phi) is 5.64. The van der Waals surface area contributed by atoms with Crippen molar-refractivity contribution < 1.29 is 18.9 Å². The zero-order chi connectivity index (χ0) is 19.4. The first-order chi connectivity index (χ1) is 13.0. The van der Waals surface area contributed by atoms with Crippen LogP contribution >= 0.6 is 0 Å². The first-order valence-corrected chi connectivity index (χ1v) is 9.45. The van der Waals surface area contributed by atoms with Gasteiger partial charge in [0.05, 0.1) is 20.8 Å². The number of methoxy groups -OCH3 is 2. The van der Waals surface area contributed by atoms with Gasteiger partial charge in [-0.1, -0.05) is 13.3 Å². The van der Waals surface area contributed by atoms with Gasteiger partial charge in [-0.15, -0.1) is 0 Å². The topological polar surface area (TPSA) is 36.9 Å². The number of benzene rings is 2. The van der Waals surface area contributed by atoms with Gasteiger partial charge in [-0.3, -0.25) is 0 Å². The third-order valence-corrected chi connectivity index (χ3v) is 4.92. The third-order valence-electron chi connectivity index (χ3n) is 4.92. The van der Waals surface area contributed by atoms with Gasteiger partial charge in [0.15, 0.2) is 11.5 Å². The Morgan fingerprint density at radius 1 is 0.963 bits per heavy atom. The quantitative estimate of drug-likeness (QED) is 0.633. The Labute approximate surface area is 161 Å². The standard InChI is InChI=1S/C23H28O4/c1-6-12-23(3)19-15-22(25-5)21(24-4)14-17(19)13-20(27-23)16-8-10-18(11-9-16)26-7-2/h8-11,13-15H,6-7,12H2,1-5H3. The molecule has 0 amide bonds. The molecule has 3 rings (SSSR count). The molecule has 1 atom stereocenters. The zero-order valence-corrected chi connectivity index (χ0v) is 16.8. The highest BCUT2D eigenvalue weighted by Gasteiger charge is 2.35. The van der Waals surface area contributed by atoms with Crippen molar-refractivity contribution in [2.45, 2.75) is 39.2 Å². The van der Waals surface area contributed by atoms with E-state index in [0.29, 0.717) is 6.61 Å². The van der Waals surface area contributed by atoms with Crippen molar-refractivity contribution in [3.8, 4) is 17.2 Å². The average Bonchev–Trinajstić information content (AvgIpc) is 2.68. The largest absolute Gasteiger partial charge is 0.494 e. The van der Waals surface area contributed by atoms with Crippen LogP contribution in [0.2, 0.25) is 0 Å². The summed E-state index contributed by atoms with van der Waals surface area (Å²) in [5.74, 6) is 3.16. The molecule has 1 unspecified atom stereocenters. The summed E-state index contributed by atoms with van der Waals surface area (Å²) in [6.07, 6.45) is 4.00. The van der Waals surface area contributed by atoms with Crippen LogP contribution in [-0.4, -0.2) is 20.8 Å². The molecule has 1 aliphatic rings. The highest BCUT2D eigenvalue weighted by molar-refractivity contribution is 5.82. The number of rotatable bonds is 7. The van der Waals surface area contributed by atoms with Crippen LogP contribution in [0.4, 0.5) is 0 Å². The van der Waals surface area contributed by atoms with E-state index in [1.165, 1.54) is 0 Å². The van der Waals surface area contributed by atoms with Crippen LogP contribution in [0.1, 0.15) is 50.3 Å². The van der Waals surface area contributed by atoms with E-state index >= 15 is 0 Å². The second-order valence-electron chi connectivity index (χ2n) is 6.84. The molecule has 0 saturated heterocycles. The van der Waals surface area contributed by atoms with E-state index in [1.54, 1.807) is 14.2 Å². The van der Waals surface area contributed by atoms with Gasteiger partial charge >= 0.3 is 0 Å². The van der Waals surface area contributed by atoms with Crippen LogP contribution in [0, 0.1) is 0 Å². The number of fused-ring (bicyclic) bond motifs is 1. The monoisotopic (exact) mass is 368 g/mol. The molecule has 0 N–H and O–H groups in total. The molecule has 0 saturated carbocycles. The zero-order valence-electron chi connectivity index (χ0n) is 16.8.